The molecule has 148 valence electrons. The van der Waals surface area contributed by atoms with Crippen molar-refractivity contribution in [2.24, 2.45) is 0 Å². The number of carbonyl (C=O) groups is 2. The Bertz CT molecular complexity index is 1000. The molecule has 3 rings (SSSR count). The number of aryl methyl sites for hydroxylation is 2. The number of hydrazine groups is 1. The number of amides is 2. The average molecular weight is 390 g/mol. The SMILES string of the molecule is Cc1ccc(C)c(OCC(=O)NNC(=O)c2ccccc2Oc2ccccc2)c1. The monoisotopic (exact) mass is 390 g/mol. The first-order chi connectivity index (χ1) is 14.0. The van der Waals surface area contributed by atoms with E-state index < -0.39 is 11.8 Å². The fourth-order valence-electron chi connectivity index (χ4n) is 2.59. The van der Waals surface area contributed by atoms with Crippen molar-refractivity contribution < 1.29 is 19.1 Å². The molecule has 0 saturated carbocycles. The lowest BCUT2D eigenvalue weighted by molar-refractivity contribution is -0.123. The van der Waals surface area contributed by atoms with Crippen molar-refractivity contribution in [2.75, 3.05) is 6.61 Å². The van der Waals surface area contributed by atoms with Crippen molar-refractivity contribution in [3.8, 4) is 17.2 Å². The van der Waals surface area contributed by atoms with Gasteiger partial charge in [-0.3, -0.25) is 20.4 Å². The summed E-state index contributed by atoms with van der Waals surface area (Å²) in [5, 5.41) is 0. The molecule has 29 heavy (non-hydrogen) atoms. The van der Waals surface area contributed by atoms with Crippen LogP contribution in [0.25, 0.3) is 0 Å². The Morgan fingerprint density at radius 2 is 1.55 bits per heavy atom. The zero-order valence-electron chi connectivity index (χ0n) is 16.3. The first-order valence-corrected chi connectivity index (χ1v) is 9.14. The van der Waals surface area contributed by atoms with Gasteiger partial charge in [-0.15, -0.1) is 0 Å². The van der Waals surface area contributed by atoms with Crippen LogP contribution in [0.15, 0.2) is 72.8 Å². The van der Waals surface area contributed by atoms with Gasteiger partial charge in [0.25, 0.3) is 11.8 Å². The molecule has 3 aromatic rings. The second-order valence-corrected chi connectivity index (χ2v) is 6.47. The Labute approximate surface area is 169 Å². The summed E-state index contributed by atoms with van der Waals surface area (Å²) in [6.45, 7) is 3.63. The molecule has 2 amide bonds. The Balaban J connectivity index is 1.56. The lowest BCUT2D eigenvalue weighted by atomic mass is 10.1. The molecule has 6 nitrogen and oxygen atoms in total. The van der Waals surface area contributed by atoms with Gasteiger partial charge in [0.15, 0.2) is 6.61 Å². The smallest absolute Gasteiger partial charge is 0.276 e. The predicted octanol–water partition coefficient (Wildman–Crippen LogP) is 3.94. The van der Waals surface area contributed by atoms with Crippen LogP contribution in [0.3, 0.4) is 0 Å². The van der Waals surface area contributed by atoms with Crippen LogP contribution in [-0.2, 0) is 4.79 Å². The van der Waals surface area contributed by atoms with E-state index >= 15 is 0 Å². The van der Waals surface area contributed by atoms with Gasteiger partial charge in [-0.1, -0.05) is 42.5 Å². The van der Waals surface area contributed by atoms with Crippen LogP contribution in [0.4, 0.5) is 0 Å². The molecule has 0 atom stereocenters. The number of carbonyl (C=O) groups excluding carboxylic acids is 2. The fourth-order valence-corrected chi connectivity index (χ4v) is 2.59. The van der Waals surface area contributed by atoms with E-state index in [1.807, 2.05) is 50.2 Å². The molecule has 0 saturated heterocycles. The summed E-state index contributed by atoms with van der Waals surface area (Å²) >= 11 is 0. The van der Waals surface area contributed by atoms with Crippen molar-refractivity contribution in [1.82, 2.24) is 10.9 Å². The number of rotatable bonds is 6. The van der Waals surface area contributed by atoms with Crippen LogP contribution < -0.4 is 20.3 Å². The van der Waals surface area contributed by atoms with Crippen LogP contribution in [0.1, 0.15) is 21.5 Å². The topological polar surface area (TPSA) is 76.7 Å². The van der Waals surface area contributed by atoms with Crippen LogP contribution in [0.5, 0.6) is 17.2 Å². The Kier molecular flexibility index (Phi) is 6.47. The first-order valence-electron chi connectivity index (χ1n) is 9.14. The van der Waals surface area contributed by atoms with E-state index in [9.17, 15) is 9.59 Å². The van der Waals surface area contributed by atoms with Gasteiger partial charge in [-0.2, -0.15) is 0 Å². The van der Waals surface area contributed by atoms with Crippen LogP contribution in [-0.4, -0.2) is 18.4 Å². The third-order valence-electron chi connectivity index (χ3n) is 4.12. The second kappa shape index (κ2) is 9.41. The molecule has 0 heterocycles. The van der Waals surface area contributed by atoms with Crippen molar-refractivity contribution in [2.45, 2.75) is 13.8 Å². The maximum absolute atomic E-state index is 12.5. The Morgan fingerprint density at radius 3 is 2.34 bits per heavy atom. The molecule has 6 heteroatoms. The van der Waals surface area contributed by atoms with E-state index in [0.717, 1.165) is 11.1 Å². The summed E-state index contributed by atoms with van der Waals surface area (Å²) in [4.78, 5) is 24.5. The second-order valence-electron chi connectivity index (χ2n) is 6.47. The molecular formula is C23H22N2O4. The van der Waals surface area contributed by atoms with E-state index in [4.69, 9.17) is 9.47 Å². The molecular weight excluding hydrogens is 368 g/mol. The number of para-hydroxylation sites is 2. The molecule has 0 aromatic heterocycles. The van der Waals surface area contributed by atoms with E-state index in [1.54, 1.807) is 36.4 Å². The van der Waals surface area contributed by atoms with Gasteiger partial charge < -0.3 is 9.47 Å². The number of nitrogens with one attached hydrogen (secondary N) is 2. The molecule has 0 fully saturated rings. The van der Waals surface area contributed by atoms with Crippen LogP contribution in [0, 0.1) is 13.8 Å². The lowest BCUT2D eigenvalue weighted by Gasteiger charge is -2.13. The molecule has 0 unspecified atom stereocenters. The predicted molar refractivity (Wildman–Crippen MR) is 110 cm³/mol. The summed E-state index contributed by atoms with van der Waals surface area (Å²) in [5.41, 5.74) is 7.01. The molecule has 0 bridgehead atoms. The molecule has 3 aromatic carbocycles. The maximum Gasteiger partial charge on any atom is 0.276 e. The molecule has 2 N–H and O–H groups in total. The zero-order chi connectivity index (χ0) is 20.6. The average Bonchev–Trinajstić information content (AvgIpc) is 2.74. The minimum absolute atomic E-state index is 0.216. The largest absolute Gasteiger partial charge is 0.483 e. The van der Waals surface area contributed by atoms with Crippen LogP contribution >= 0.6 is 0 Å². The van der Waals surface area contributed by atoms with Gasteiger partial charge >= 0.3 is 0 Å². The zero-order valence-corrected chi connectivity index (χ0v) is 16.3. The highest BCUT2D eigenvalue weighted by Gasteiger charge is 2.14. The Hall–Kier alpha value is -3.80. The molecule has 0 spiro atoms. The van der Waals surface area contributed by atoms with Gasteiger partial charge in [0.2, 0.25) is 0 Å². The lowest BCUT2D eigenvalue weighted by Crippen LogP contribution is -2.43. The van der Waals surface area contributed by atoms with E-state index in [-0.39, 0.29) is 6.61 Å². The normalized spacial score (nSPS) is 10.1. The molecule has 0 aliphatic rings. The van der Waals surface area contributed by atoms with Gasteiger partial charge in [0, 0.05) is 0 Å². The summed E-state index contributed by atoms with van der Waals surface area (Å²) in [7, 11) is 0. The highest BCUT2D eigenvalue weighted by molar-refractivity contribution is 5.98. The van der Waals surface area contributed by atoms with Crippen molar-refractivity contribution in [3.63, 3.8) is 0 Å². The number of ether oxygens (including phenoxy) is 2. The molecule has 0 radical (unpaired) electrons. The number of hydrogen-bond acceptors (Lipinski definition) is 4. The highest BCUT2D eigenvalue weighted by Crippen LogP contribution is 2.24. The van der Waals surface area contributed by atoms with E-state index in [1.165, 1.54) is 0 Å². The standard InChI is InChI=1S/C23H22N2O4/c1-16-12-13-17(2)21(14-16)28-15-22(26)24-25-23(27)19-10-6-7-11-20(19)29-18-8-4-3-5-9-18/h3-14H,15H2,1-2H3,(H,24,26)(H,25,27). The first kappa shape index (κ1) is 19.9. The third kappa shape index (κ3) is 5.59. The van der Waals surface area contributed by atoms with E-state index in [2.05, 4.69) is 10.9 Å². The van der Waals surface area contributed by atoms with E-state index in [0.29, 0.717) is 22.8 Å². The fraction of sp³-hybridized carbons (Fsp3) is 0.130. The Morgan fingerprint density at radius 1 is 0.828 bits per heavy atom. The molecule has 0 aliphatic carbocycles. The van der Waals surface area contributed by atoms with Crippen LogP contribution in [0.2, 0.25) is 0 Å². The minimum atomic E-state index is -0.489. The summed E-state index contributed by atoms with van der Waals surface area (Å²) in [6, 6.07) is 21.7. The van der Waals surface area contributed by atoms with Gasteiger partial charge in [-0.05, 0) is 55.3 Å². The minimum Gasteiger partial charge on any atom is -0.483 e. The highest BCUT2D eigenvalue weighted by atomic mass is 16.5. The number of benzene rings is 3. The summed E-state index contributed by atoms with van der Waals surface area (Å²) in [5.74, 6) is 0.668. The third-order valence-corrected chi connectivity index (χ3v) is 4.12. The van der Waals surface area contributed by atoms with Gasteiger partial charge in [-0.25, -0.2) is 0 Å². The van der Waals surface area contributed by atoms with Crippen molar-refractivity contribution in [1.29, 1.82) is 0 Å². The molecule has 0 aliphatic heterocycles. The summed E-state index contributed by atoms with van der Waals surface area (Å²) < 4.78 is 11.3. The van der Waals surface area contributed by atoms with Gasteiger partial charge in [0.1, 0.15) is 17.2 Å². The van der Waals surface area contributed by atoms with Gasteiger partial charge in [0.05, 0.1) is 5.56 Å². The quantitative estimate of drug-likeness (QED) is 0.625. The van der Waals surface area contributed by atoms with Crippen molar-refractivity contribution >= 4 is 11.8 Å². The van der Waals surface area contributed by atoms with Crippen molar-refractivity contribution in [3.05, 3.63) is 89.5 Å². The maximum atomic E-state index is 12.5. The number of hydrogen-bond donors (Lipinski definition) is 2. The summed E-state index contributed by atoms with van der Waals surface area (Å²) in [6.07, 6.45) is 0.